The summed E-state index contributed by atoms with van der Waals surface area (Å²) in [7, 11) is 0. The molecule has 14 heavy (non-hydrogen) atoms. The lowest BCUT2D eigenvalue weighted by Gasteiger charge is -1.92. The number of rotatable bonds is 8. The molecule has 0 saturated heterocycles. The van der Waals surface area contributed by atoms with Crippen molar-refractivity contribution in [3.05, 3.63) is 24.3 Å². The SMILES string of the molecule is C#CCCC=CC=CCCCCCC. The molecule has 0 heteroatoms. The lowest BCUT2D eigenvalue weighted by Crippen LogP contribution is -1.73. The van der Waals surface area contributed by atoms with E-state index in [1.807, 2.05) is 0 Å². The fraction of sp³-hybridized carbons (Fsp3) is 0.571. The molecule has 78 valence electrons. The van der Waals surface area contributed by atoms with Crippen LogP contribution in [0.3, 0.4) is 0 Å². The summed E-state index contributed by atoms with van der Waals surface area (Å²) in [6.45, 7) is 2.24. The van der Waals surface area contributed by atoms with Gasteiger partial charge in [0.05, 0.1) is 0 Å². The molecular weight excluding hydrogens is 168 g/mol. The van der Waals surface area contributed by atoms with E-state index in [2.05, 4.69) is 37.1 Å². The topological polar surface area (TPSA) is 0 Å². The van der Waals surface area contributed by atoms with Crippen molar-refractivity contribution in [2.45, 2.75) is 51.9 Å². The number of allylic oxidation sites excluding steroid dienone is 4. The van der Waals surface area contributed by atoms with Crippen LogP contribution in [0.15, 0.2) is 24.3 Å². The molecule has 0 heterocycles. The summed E-state index contributed by atoms with van der Waals surface area (Å²) < 4.78 is 0. The van der Waals surface area contributed by atoms with Gasteiger partial charge in [-0.1, -0.05) is 50.5 Å². The molecular formula is C14H22. The van der Waals surface area contributed by atoms with E-state index >= 15 is 0 Å². The van der Waals surface area contributed by atoms with E-state index in [-0.39, 0.29) is 0 Å². The third-order valence-electron chi connectivity index (χ3n) is 2.06. The predicted molar refractivity (Wildman–Crippen MR) is 65.1 cm³/mol. The summed E-state index contributed by atoms with van der Waals surface area (Å²) in [6.07, 6.45) is 22.1. The van der Waals surface area contributed by atoms with Crippen LogP contribution in [0.2, 0.25) is 0 Å². The van der Waals surface area contributed by atoms with E-state index in [0.717, 1.165) is 12.8 Å². The summed E-state index contributed by atoms with van der Waals surface area (Å²) >= 11 is 0. The van der Waals surface area contributed by atoms with Crippen LogP contribution in [-0.2, 0) is 0 Å². The zero-order valence-electron chi connectivity index (χ0n) is 9.34. The van der Waals surface area contributed by atoms with E-state index in [0.29, 0.717) is 0 Å². The first kappa shape index (κ1) is 13.0. The molecule has 0 saturated carbocycles. The Morgan fingerprint density at radius 2 is 1.71 bits per heavy atom. The van der Waals surface area contributed by atoms with Crippen molar-refractivity contribution in [1.82, 2.24) is 0 Å². The average Bonchev–Trinajstić information content (AvgIpc) is 2.21. The van der Waals surface area contributed by atoms with Crippen molar-refractivity contribution >= 4 is 0 Å². The molecule has 0 fully saturated rings. The lowest BCUT2D eigenvalue weighted by atomic mass is 10.1. The van der Waals surface area contributed by atoms with Gasteiger partial charge in [0.2, 0.25) is 0 Å². The van der Waals surface area contributed by atoms with Gasteiger partial charge < -0.3 is 0 Å². The predicted octanol–water partition coefficient (Wildman–Crippen LogP) is 4.48. The van der Waals surface area contributed by atoms with E-state index < -0.39 is 0 Å². The molecule has 0 aromatic rings. The van der Waals surface area contributed by atoms with Crippen molar-refractivity contribution < 1.29 is 0 Å². The summed E-state index contributed by atoms with van der Waals surface area (Å²) in [5.74, 6) is 2.62. The van der Waals surface area contributed by atoms with Gasteiger partial charge >= 0.3 is 0 Å². The van der Waals surface area contributed by atoms with Crippen LogP contribution in [-0.4, -0.2) is 0 Å². The highest BCUT2D eigenvalue weighted by Crippen LogP contribution is 2.02. The minimum absolute atomic E-state index is 0.848. The Morgan fingerprint density at radius 1 is 1.00 bits per heavy atom. The third-order valence-corrected chi connectivity index (χ3v) is 2.06. The maximum Gasteiger partial charge on any atom is 0.0121 e. The van der Waals surface area contributed by atoms with Crippen molar-refractivity contribution in [2.24, 2.45) is 0 Å². The fourth-order valence-electron chi connectivity index (χ4n) is 1.21. The Balaban J connectivity index is 3.19. The summed E-state index contributed by atoms with van der Waals surface area (Å²) in [5.41, 5.74) is 0. The van der Waals surface area contributed by atoms with E-state index in [1.54, 1.807) is 0 Å². The van der Waals surface area contributed by atoms with Crippen LogP contribution >= 0.6 is 0 Å². The summed E-state index contributed by atoms with van der Waals surface area (Å²) in [4.78, 5) is 0. The van der Waals surface area contributed by atoms with E-state index in [4.69, 9.17) is 6.42 Å². The molecule has 0 aromatic heterocycles. The average molecular weight is 190 g/mol. The lowest BCUT2D eigenvalue weighted by molar-refractivity contribution is 0.674. The van der Waals surface area contributed by atoms with Gasteiger partial charge in [-0.25, -0.2) is 0 Å². The van der Waals surface area contributed by atoms with Gasteiger partial charge in [-0.2, -0.15) is 0 Å². The van der Waals surface area contributed by atoms with Crippen LogP contribution in [0.5, 0.6) is 0 Å². The molecule has 0 amide bonds. The maximum atomic E-state index is 5.14. The van der Waals surface area contributed by atoms with Crippen molar-refractivity contribution in [3.8, 4) is 12.3 Å². The van der Waals surface area contributed by atoms with Gasteiger partial charge in [0, 0.05) is 6.42 Å². The normalized spacial score (nSPS) is 11.1. The highest BCUT2D eigenvalue weighted by Gasteiger charge is 1.83. The Kier molecular flexibility index (Phi) is 11.2. The molecule has 0 nitrogen and oxygen atoms in total. The maximum absolute atomic E-state index is 5.14. The van der Waals surface area contributed by atoms with Gasteiger partial charge in [0.15, 0.2) is 0 Å². The molecule has 0 aromatic carbocycles. The fourth-order valence-corrected chi connectivity index (χ4v) is 1.21. The van der Waals surface area contributed by atoms with Crippen LogP contribution < -0.4 is 0 Å². The number of terminal acetylenes is 1. The van der Waals surface area contributed by atoms with Crippen molar-refractivity contribution in [1.29, 1.82) is 0 Å². The molecule has 0 N–H and O–H groups in total. The second kappa shape index (κ2) is 12.0. The molecule has 0 spiro atoms. The smallest absolute Gasteiger partial charge is 0.0121 e. The van der Waals surface area contributed by atoms with Gasteiger partial charge in [-0.05, 0) is 19.3 Å². The minimum Gasteiger partial charge on any atom is -0.120 e. The van der Waals surface area contributed by atoms with Gasteiger partial charge in [-0.3, -0.25) is 0 Å². The van der Waals surface area contributed by atoms with Crippen LogP contribution in [0.25, 0.3) is 0 Å². The molecule has 0 aliphatic rings. The Labute approximate surface area is 89.1 Å². The number of hydrogen-bond acceptors (Lipinski definition) is 0. The second-order valence-electron chi connectivity index (χ2n) is 3.45. The zero-order valence-corrected chi connectivity index (χ0v) is 9.34. The molecule has 0 aliphatic carbocycles. The largest absolute Gasteiger partial charge is 0.120 e. The number of unbranched alkanes of at least 4 members (excludes halogenated alkanes) is 5. The minimum atomic E-state index is 0.848. The van der Waals surface area contributed by atoms with Crippen molar-refractivity contribution in [3.63, 3.8) is 0 Å². The first-order chi connectivity index (χ1) is 6.91. The Bertz CT molecular complexity index is 191. The molecule has 0 rings (SSSR count). The quantitative estimate of drug-likeness (QED) is 0.301. The van der Waals surface area contributed by atoms with Gasteiger partial charge in [0.25, 0.3) is 0 Å². The summed E-state index contributed by atoms with van der Waals surface area (Å²) in [6, 6.07) is 0. The first-order valence-corrected chi connectivity index (χ1v) is 5.67. The molecule has 0 aliphatic heterocycles. The van der Waals surface area contributed by atoms with Crippen molar-refractivity contribution in [2.75, 3.05) is 0 Å². The third kappa shape index (κ3) is 11.0. The Morgan fingerprint density at radius 3 is 2.36 bits per heavy atom. The molecule has 0 unspecified atom stereocenters. The van der Waals surface area contributed by atoms with Gasteiger partial charge in [0.1, 0.15) is 0 Å². The second-order valence-corrected chi connectivity index (χ2v) is 3.45. The molecule has 0 atom stereocenters. The van der Waals surface area contributed by atoms with Crippen LogP contribution in [0.4, 0.5) is 0 Å². The molecule has 0 radical (unpaired) electrons. The first-order valence-electron chi connectivity index (χ1n) is 5.67. The molecule has 0 bridgehead atoms. The standard InChI is InChI=1S/C14H22/c1-3-5-7-9-11-13-14-12-10-8-6-4-2/h1,9,11,13-14H,4-8,10,12H2,2H3. The van der Waals surface area contributed by atoms with Crippen LogP contribution in [0.1, 0.15) is 51.9 Å². The van der Waals surface area contributed by atoms with E-state index in [9.17, 15) is 0 Å². The zero-order chi connectivity index (χ0) is 10.5. The van der Waals surface area contributed by atoms with Crippen LogP contribution in [0, 0.1) is 12.3 Å². The highest BCUT2D eigenvalue weighted by molar-refractivity contribution is 5.03. The Hall–Kier alpha value is -0.960. The monoisotopic (exact) mass is 190 g/mol. The highest BCUT2D eigenvalue weighted by atomic mass is 13.9. The number of hydrogen-bond donors (Lipinski definition) is 0. The van der Waals surface area contributed by atoms with E-state index in [1.165, 1.54) is 32.1 Å². The van der Waals surface area contributed by atoms with Gasteiger partial charge in [-0.15, -0.1) is 12.3 Å². The summed E-state index contributed by atoms with van der Waals surface area (Å²) in [5, 5.41) is 0.